The van der Waals surface area contributed by atoms with Crippen molar-refractivity contribution in [3.63, 3.8) is 0 Å². The van der Waals surface area contributed by atoms with Gasteiger partial charge in [0.2, 0.25) is 0 Å². The second-order valence-corrected chi connectivity index (χ2v) is 8.95. The standard InChI is InChI=1S/C14H20O4S/c1-13(2,3)19(17,18)14(4,12(15)16)10-11-8-6-5-7-9-11/h5-9H,10H2,1-4H3,(H,15,16)/t14-/m0/s1. The second kappa shape index (κ2) is 4.96. The Morgan fingerprint density at radius 3 is 1.95 bits per heavy atom. The summed E-state index contributed by atoms with van der Waals surface area (Å²) >= 11 is 0. The van der Waals surface area contributed by atoms with Crippen LogP contribution in [-0.2, 0) is 21.1 Å². The van der Waals surface area contributed by atoms with Crippen LogP contribution >= 0.6 is 0 Å². The Morgan fingerprint density at radius 2 is 1.58 bits per heavy atom. The van der Waals surface area contributed by atoms with Crippen molar-refractivity contribution in [3.8, 4) is 0 Å². The summed E-state index contributed by atoms with van der Waals surface area (Å²) in [4.78, 5) is 11.5. The molecule has 0 saturated carbocycles. The van der Waals surface area contributed by atoms with Crippen LogP contribution in [0.25, 0.3) is 0 Å². The molecule has 0 bridgehead atoms. The number of benzene rings is 1. The van der Waals surface area contributed by atoms with Gasteiger partial charge in [0.05, 0.1) is 4.75 Å². The van der Waals surface area contributed by atoms with Gasteiger partial charge in [-0.2, -0.15) is 0 Å². The highest BCUT2D eigenvalue weighted by molar-refractivity contribution is 7.94. The summed E-state index contributed by atoms with van der Waals surface area (Å²) < 4.78 is 22.1. The zero-order chi connectivity index (χ0) is 14.9. The van der Waals surface area contributed by atoms with Gasteiger partial charge < -0.3 is 5.11 Å². The molecule has 0 aromatic heterocycles. The molecule has 1 aromatic rings. The van der Waals surface area contributed by atoms with Gasteiger partial charge in [0.25, 0.3) is 0 Å². The SMILES string of the molecule is CC(C)(C)S(=O)(=O)[C@@](C)(Cc1ccccc1)C(=O)O. The number of carboxylic acid groups (broad SMARTS) is 1. The van der Waals surface area contributed by atoms with E-state index in [1.54, 1.807) is 30.3 Å². The summed E-state index contributed by atoms with van der Waals surface area (Å²) in [5.74, 6) is -1.31. The van der Waals surface area contributed by atoms with Crippen LogP contribution in [0.3, 0.4) is 0 Å². The van der Waals surface area contributed by atoms with Gasteiger partial charge in [-0.3, -0.25) is 4.79 Å². The zero-order valence-corrected chi connectivity index (χ0v) is 12.5. The first-order chi connectivity index (χ1) is 8.52. The third-order valence-electron chi connectivity index (χ3n) is 3.24. The third-order valence-corrected chi connectivity index (χ3v) is 6.35. The Bertz CT molecular complexity index is 555. The van der Waals surface area contributed by atoms with Crippen LogP contribution in [0.4, 0.5) is 0 Å². The van der Waals surface area contributed by atoms with E-state index in [0.717, 1.165) is 0 Å². The van der Waals surface area contributed by atoms with E-state index >= 15 is 0 Å². The molecule has 0 unspecified atom stereocenters. The maximum absolute atomic E-state index is 12.5. The molecule has 1 rings (SSSR count). The van der Waals surface area contributed by atoms with Crippen LogP contribution in [0.1, 0.15) is 33.3 Å². The summed E-state index contributed by atoms with van der Waals surface area (Å²) in [6.45, 7) is 5.85. The van der Waals surface area contributed by atoms with Gasteiger partial charge in [0.15, 0.2) is 14.6 Å². The summed E-state index contributed by atoms with van der Waals surface area (Å²) in [7, 11) is -3.84. The maximum Gasteiger partial charge on any atom is 0.325 e. The lowest BCUT2D eigenvalue weighted by atomic mass is 10.0. The summed E-state index contributed by atoms with van der Waals surface area (Å²) in [6, 6.07) is 8.81. The molecule has 0 radical (unpaired) electrons. The number of rotatable bonds is 4. The minimum atomic E-state index is -3.84. The highest BCUT2D eigenvalue weighted by atomic mass is 32.2. The molecule has 0 aliphatic rings. The molecule has 1 atom stereocenters. The molecule has 0 heterocycles. The van der Waals surface area contributed by atoms with E-state index in [-0.39, 0.29) is 6.42 Å². The molecular formula is C14H20O4S. The molecule has 0 amide bonds. The molecule has 1 aromatic carbocycles. The molecule has 0 saturated heterocycles. The molecule has 4 nitrogen and oxygen atoms in total. The fraction of sp³-hybridized carbons (Fsp3) is 0.500. The summed E-state index contributed by atoms with van der Waals surface area (Å²) in [5.41, 5.74) is 0.695. The number of hydrogen-bond acceptors (Lipinski definition) is 3. The molecule has 0 aliphatic carbocycles. The minimum Gasteiger partial charge on any atom is -0.480 e. The van der Waals surface area contributed by atoms with Crippen molar-refractivity contribution in [2.24, 2.45) is 0 Å². The average molecular weight is 284 g/mol. The predicted molar refractivity (Wildman–Crippen MR) is 74.9 cm³/mol. The quantitative estimate of drug-likeness (QED) is 0.920. The lowest BCUT2D eigenvalue weighted by Gasteiger charge is -2.32. The van der Waals surface area contributed by atoms with Crippen molar-refractivity contribution in [1.82, 2.24) is 0 Å². The number of aliphatic carboxylic acids is 1. The van der Waals surface area contributed by atoms with Gasteiger partial charge in [-0.25, -0.2) is 8.42 Å². The van der Waals surface area contributed by atoms with Gasteiger partial charge in [-0.1, -0.05) is 30.3 Å². The first kappa shape index (κ1) is 15.7. The van der Waals surface area contributed by atoms with Crippen LogP contribution in [0.5, 0.6) is 0 Å². The van der Waals surface area contributed by atoms with Crippen LogP contribution in [-0.4, -0.2) is 29.0 Å². The molecule has 1 N–H and O–H groups in total. The van der Waals surface area contributed by atoms with Gasteiger partial charge in [0.1, 0.15) is 0 Å². The summed E-state index contributed by atoms with van der Waals surface area (Å²) in [5, 5.41) is 9.41. The Hall–Kier alpha value is -1.36. The molecular weight excluding hydrogens is 264 g/mol. The monoisotopic (exact) mass is 284 g/mol. The smallest absolute Gasteiger partial charge is 0.325 e. The van der Waals surface area contributed by atoms with Gasteiger partial charge in [-0.05, 0) is 33.3 Å². The fourth-order valence-corrected chi connectivity index (χ4v) is 3.88. The average Bonchev–Trinajstić information content (AvgIpc) is 2.28. The van der Waals surface area contributed by atoms with Crippen molar-refractivity contribution in [3.05, 3.63) is 35.9 Å². The van der Waals surface area contributed by atoms with E-state index in [2.05, 4.69) is 0 Å². The number of carbonyl (C=O) groups is 1. The minimum absolute atomic E-state index is 0.0389. The molecule has 5 heteroatoms. The van der Waals surface area contributed by atoms with E-state index in [1.807, 2.05) is 0 Å². The van der Waals surface area contributed by atoms with Crippen LogP contribution in [0.15, 0.2) is 30.3 Å². The summed E-state index contributed by atoms with van der Waals surface area (Å²) in [6.07, 6.45) is -0.0389. The number of hydrogen-bond donors (Lipinski definition) is 1. The van der Waals surface area contributed by atoms with Gasteiger partial charge in [0, 0.05) is 6.42 Å². The molecule has 0 fully saturated rings. The lowest BCUT2D eigenvalue weighted by Crippen LogP contribution is -2.52. The third kappa shape index (κ3) is 2.81. The van der Waals surface area contributed by atoms with Crippen LogP contribution in [0.2, 0.25) is 0 Å². The van der Waals surface area contributed by atoms with Crippen molar-refractivity contribution in [2.75, 3.05) is 0 Å². The Morgan fingerprint density at radius 1 is 1.11 bits per heavy atom. The van der Waals surface area contributed by atoms with Gasteiger partial charge >= 0.3 is 5.97 Å². The van der Waals surface area contributed by atoms with Crippen LogP contribution in [0, 0.1) is 0 Å². The van der Waals surface area contributed by atoms with Crippen molar-refractivity contribution in [2.45, 2.75) is 43.6 Å². The Kier molecular flexibility index (Phi) is 4.10. The Labute approximate surface area is 114 Å². The Balaban J connectivity index is 3.31. The van der Waals surface area contributed by atoms with Crippen molar-refractivity contribution < 1.29 is 18.3 Å². The number of sulfone groups is 1. The van der Waals surface area contributed by atoms with E-state index in [0.29, 0.717) is 5.56 Å². The fourth-order valence-electron chi connectivity index (χ4n) is 1.95. The van der Waals surface area contributed by atoms with E-state index in [9.17, 15) is 18.3 Å². The zero-order valence-electron chi connectivity index (χ0n) is 11.7. The number of carboxylic acids is 1. The highest BCUT2D eigenvalue weighted by Crippen LogP contribution is 2.32. The molecule has 106 valence electrons. The normalized spacial score (nSPS) is 15.8. The van der Waals surface area contributed by atoms with Crippen molar-refractivity contribution >= 4 is 15.8 Å². The lowest BCUT2D eigenvalue weighted by molar-refractivity contribution is -0.139. The molecule has 19 heavy (non-hydrogen) atoms. The molecule has 0 spiro atoms. The van der Waals surface area contributed by atoms with E-state index in [4.69, 9.17) is 0 Å². The topological polar surface area (TPSA) is 71.4 Å². The first-order valence-corrected chi connectivity index (χ1v) is 7.52. The highest BCUT2D eigenvalue weighted by Gasteiger charge is 2.52. The largest absolute Gasteiger partial charge is 0.480 e. The molecule has 0 aliphatic heterocycles. The predicted octanol–water partition coefficient (Wildman–Crippen LogP) is 2.29. The second-order valence-electron chi connectivity index (χ2n) is 5.81. The van der Waals surface area contributed by atoms with E-state index < -0.39 is 25.3 Å². The first-order valence-electron chi connectivity index (χ1n) is 6.04. The van der Waals surface area contributed by atoms with E-state index in [1.165, 1.54) is 27.7 Å². The van der Waals surface area contributed by atoms with Gasteiger partial charge in [-0.15, -0.1) is 0 Å². The van der Waals surface area contributed by atoms with Crippen LogP contribution < -0.4 is 0 Å². The van der Waals surface area contributed by atoms with Crippen molar-refractivity contribution in [1.29, 1.82) is 0 Å². The maximum atomic E-state index is 12.5.